The number of hydrogen-bond acceptors (Lipinski definition) is 2. The molecule has 0 aliphatic rings. The van der Waals surface area contributed by atoms with Crippen LogP contribution in [0.2, 0.25) is 5.02 Å². The summed E-state index contributed by atoms with van der Waals surface area (Å²) in [4.78, 5) is 1.43. The highest BCUT2D eigenvalue weighted by Gasteiger charge is 2.34. The lowest BCUT2D eigenvalue weighted by Crippen LogP contribution is -2.07. The van der Waals surface area contributed by atoms with Gasteiger partial charge in [0.1, 0.15) is 0 Å². The first-order valence-corrected chi connectivity index (χ1v) is 7.24. The topological polar surface area (TPSA) is 26.0 Å². The minimum Gasteiger partial charge on any atom is -0.323 e. The van der Waals surface area contributed by atoms with Crippen LogP contribution in [0.1, 0.15) is 29.8 Å². The van der Waals surface area contributed by atoms with Gasteiger partial charge < -0.3 is 5.73 Å². The van der Waals surface area contributed by atoms with Crippen molar-refractivity contribution in [2.75, 3.05) is 0 Å². The maximum atomic E-state index is 13.1. The number of thiophene rings is 1. The molecule has 2 N–H and O–H groups in total. The van der Waals surface area contributed by atoms with Crippen molar-refractivity contribution in [3.8, 4) is 10.4 Å². The summed E-state index contributed by atoms with van der Waals surface area (Å²) in [6.45, 7) is 1.94. The van der Waals surface area contributed by atoms with Crippen LogP contribution in [0, 0.1) is 0 Å². The van der Waals surface area contributed by atoms with Crippen molar-refractivity contribution in [3.05, 3.63) is 45.8 Å². The van der Waals surface area contributed by atoms with Crippen molar-refractivity contribution < 1.29 is 13.2 Å². The molecular weight excluding hydrogens is 307 g/mol. The second-order valence-corrected chi connectivity index (χ2v) is 5.96. The third kappa shape index (κ3) is 3.16. The van der Waals surface area contributed by atoms with Crippen LogP contribution >= 0.6 is 22.9 Å². The van der Waals surface area contributed by atoms with Gasteiger partial charge in [0.2, 0.25) is 0 Å². The standard InChI is InChI=1S/C14H13ClF3NS/c1-2-11(19)13-6-5-12(20-13)9-4-3-8(15)7-10(9)14(16,17)18/h3-7,11H,2,19H2,1H3. The van der Waals surface area contributed by atoms with Crippen LogP contribution in [0.3, 0.4) is 0 Å². The van der Waals surface area contributed by atoms with Crippen molar-refractivity contribution in [2.45, 2.75) is 25.6 Å². The summed E-state index contributed by atoms with van der Waals surface area (Å²) < 4.78 is 39.2. The first-order chi connectivity index (χ1) is 9.32. The lowest BCUT2D eigenvalue weighted by Gasteiger charge is -2.12. The van der Waals surface area contributed by atoms with Gasteiger partial charge >= 0.3 is 6.18 Å². The average molecular weight is 320 g/mol. The van der Waals surface area contributed by atoms with E-state index in [4.69, 9.17) is 17.3 Å². The Labute approximate surface area is 124 Å². The van der Waals surface area contributed by atoms with Gasteiger partial charge in [-0.05, 0) is 30.7 Å². The average Bonchev–Trinajstić information content (AvgIpc) is 2.86. The molecular formula is C14H13ClF3NS. The normalized spacial score (nSPS) is 13.5. The zero-order valence-corrected chi connectivity index (χ0v) is 12.2. The molecule has 0 aliphatic heterocycles. The molecule has 6 heteroatoms. The highest BCUT2D eigenvalue weighted by molar-refractivity contribution is 7.15. The van der Waals surface area contributed by atoms with E-state index >= 15 is 0 Å². The van der Waals surface area contributed by atoms with Gasteiger partial charge in [-0.2, -0.15) is 13.2 Å². The fraction of sp³-hybridized carbons (Fsp3) is 0.286. The Morgan fingerprint density at radius 1 is 1.25 bits per heavy atom. The molecule has 1 atom stereocenters. The largest absolute Gasteiger partial charge is 0.417 e. The molecule has 0 saturated carbocycles. The van der Waals surface area contributed by atoms with Crippen LogP contribution < -0.4 is 5.73 Å². The number of rotatable bonds is 3. The molecule has 1 aromatic carbocycles. The Hall–Kier alpha value is -1.04. The molecule has 2 rings (SSSR count). The second kappa shape index (κ2) is 5.76. The highest BCUT2D eigenvalue weighted by atomic mass is 35.5. The van der Waals surface area contributed by atoms with Gasteiger partial charge in [0.15, 0.2) is 0 Å². The maximum absolute atomic E-state index is 13.1. The van der Waals surface area contributed by atoms with Gasteiger partial charge in [-0.3, -0.25) is 0 Å². The summed E-state index contributed by atoms with van der Waals surface area (Å²) in [5.41, 5.74) is 5.32. The van der Waals surface area contributed by atoms with Gasteiger partial charge in [-0.15, -0.1) is 11.3 Å². The van der Waals surface area contributed by atoms with E-state index in [0.717, 1.165) is 17.4 Å². The fourth-order valence-corrected chi connectivity index (χ4v) is 3.17. The summed E-state index contributed by atoms with van der Waals surface area (Å²) in [6.07, 6.45) is -3.69. The lowest BCUT2D eigenvalue weighted by atomic mass is 10.1. The van der Waals surface area contributed by atoms with E-state index in [9.17, 15) is 13.2 Å². The molecule has 108 valence electrons. The van der Waals surface area contributed by atoms with Gasteiger partial charge in [-0.1, -0.05) is 24.6 Å². The van der Waals surface area contributed by atoms with E-state index in [1.54, 1.807) is 12.1 Å². The predicted octanol–water partition coefficient (Wildman–Crippen LogP) is 5.50. The minimum absolute atomic E-state index is 0.0723. The highest BCUT2D eigenvalue weighted by Crippen LogP contribution is 2.41. The van der Waals surface area contributed by atoms with Gasteiger partial charge in [0.25, 0.3) is 0 Å². The summed E-state index contributed by atoms with van der Waals surface area (Å²) in [7, 11) is 0. The molecule has 1 unspecified atom stereocenters. The van der Waals surface area contributed by atoms with Crippen LogP contribution in [-0.2, 0) is 6.18 Å². The molecule has 0 aliphatic carbocycles. The minimum atomic E-state index is -4.43. The molecule has 0 spiro atoms. The number of halogens is 4. The zero-order chi connectivity index (χ0) is 14.9. The monoisotopic (exact) mass is 319 g/mol. The van der Waals surface area contributed by atoms with Gasteiger partial charge in [0.05, 0.1) is 5.56 Å². The quantitative estimate of drug-likeness (QED) is 0.794. The predicted molar refractivity (Wildman–Crippen MR) is 77.0 cm³/mol. The van der Waals surface area contributed by atoms with E-state index in [1.165, 1.54) is 23.5 Å². The summed E-state index contributed by atoms with van der Waals surface area (Å²) in [6, 6.07) is 7.13. The van der Waals surface area contributed by atoms with Gasteiger partial charge in [-0.25, -0.2) is 0 Å². The summed E-state index contributed by atoms with van der Waals surface area (Å²) in [5.74, 6) is 0. The Balaban J connectivity index is 2.50. The molecule has 20 heavy (non-hydrogen) atoms. The molecule has 0 amide bonds. The molecule has 0 radical (unpaired) electrons. The molecule has 2 aromatic rings. The van der Waals surface area contributed by atoms with Crippen molar-refractivity contribution in [1.82, 2.24) is 0 Å². The third-order valence-electron chi connectivity index (χ3n) is 2.98. The Morgan fingerprint density at radius 2 is 1.95 bits per heavy atom. The number of alkyl halides is 3. The van der Waals surface area contributed by atoms with E-state index < -0.39 is 11.7 Å². The fourth-order valence-electron chi connectivity index (χ4n) is 1.86. The van der Waals surface area contributed by atoms with Crippen LogP contribution in [0.25, 0.3) is 10.4 Å². The van der Waals surface area contributed by atoms with Crippen molar-refractivity contribution in [3.63, 3.8) is 0 Å². The summed E-state index contributed by atoms with van der Waals surface area (Å²) in [5, 5.41) is 0.0723. The van der Waals surface area contributed by atoms with E-state index in [1.807, 2.05) is 6.92 Å². The molecule has 1 nitrogen and oxygen atoms in total. The Kier molecular flexibility index (Phi) is 4.42. The molecule has 0 fully saturated rings. The second-order valence-electron chi connectivity index (χ2n) is 4.40. The first kappa shape index (κ1) is 15.4. The van der Waals surface area contributed by atoms with Crippen LogP contribution in [0.5, 0.6) is 0 Å². The van der Waals surface area contributed by atoms with Crippen LogP contribution in [0.15, 0.2) is 30.3 Å². The van der Waals surface area contributed by atoms with Crippen molar-refractivity contribution >= 4 is 22.9 Å². The molecule has 1 heterocycles. The summed E-state index contributed by atoms with van der Waals surface area (Å²) >= 11 is 6.96. The van der Waals surface area contributed by atoms with Crippen LogP contribution in [-0.4, -0.2) is 0 Å². The SMILES string of the molecule is CCC(N)c1ccc(-c2ccc(Cl)cc2C(F)(F)F)s1. The van der Waals surface area contributed by atoms with Crippen LogP contribution in [0.4, 0.5) is 13.2 Å². The lowest BCUT2D eigenvalue weighted by molar-refractivity contribution is -0.137. The third-order valence-corrected chi connectivity index (χ3v) is 4.47. The van der Waals surface area contributed by atoms with Crippen molar-refractivity contribution in [2.24, 2.45) is 5.73 Å². The number of hydrogen-bond donors (Lipinski definition) is 1. The zero-order valence-electron chi connectivity index (χ0n) is 10.7. The molecule has 1 aromatic heterocycles. The Morgan fingerprint density at radius 3 is 2.55 bits per heavy atom. The Bertz CT molecular complexity index is 607. The van der Waals surface area contributed by atoms with E-state index in [-0.39, 0.29) is 16.6 Å². The number of nitrogens with two attached hydrogens (primary N) is 1. The molecule has 0 saturated heterocycles. The maximum Gasteiger partial charge on any atom is 0.417 e. The van der Waals surface area contributed by atoms with E-state index in [2.05, 4.69) is 0 Å². The van der Waals surface area contributed by atoms with Gasteiger partial charge in [0, 0.05) is 26.4 Å². The van der Waals surface area contributed by atoms with Crippen molar-refractivity contribution in [1.29, 1.82) is 0 Å². The molecule has 0 bridgehead atoms. The van der Waals surface area contributed by atoms with E-state index in [0.29, 0.717) is 4.88 Å². The first-order valence-electron chi connectivity index (χ1n) is 6.05. The smallest absolute Gasteiger partial charge is 0.323 e. The number of benzene rings is 1.